The number of nitrogens with two attached hydrogens (primary N) is 2. The quantitative estimate of drug-likeness (QED) is 0.322. The highest BCUT2D eigenvalue weighted by Crippen LogP contribution is 2.51. The highest BCUT2D eigenvalue weighted by atomic mass is 35.5. The van der Waals surface area contributed by atoms with Gasteiger partial charge in [-0.2, -0.15) is 4.98 Å². The van der Waals surface area contributed by atoms with Gasteiger partial charge in [0.15, 0.2) is 11.4 Å². The lowest BCUT2D eigenvalue weighted by Crippen LogP contribution is -2.47. The molecule has 3 aliphatic rings. The van der Waals surface area contributed by atoms with Crippen LogP contribution < -0.4 is 27.2 Å². The number of carbonyl (C=O) groups excluding carboxylic acids is 1. The van der Waals surface area contributed by atoms with Crippen LogP contribution in [0.25, 0.3) is 0 Å². The summed E-state index contributed by atoms with van der Waals surface area (Å²) >= 11 is 7.84. The molecular weight excluding hydrogens is 595 g/mol. The van der Waals surface area contributed by atoms with E-state index < -0.39 is 28.6 Å². The lowest BCUT2D eigenvalue weighted by atomic mass is 9.74. The zero-order chi connectivity index (χ0) is 30.5. The Morgan fingerprint density at radius 2 is 2.00 bits per heavy atom. The third-order valence-corrected chi connectivity index (χ3v) is 10.5. The Kier molecular flexibility index (Phi) is 7.76. The van der Waals surface area contributed by atoms with Crippen molar-refractivity contribution in [2.24, 2.45) is 11.1 Å². The van der Waals surface area contributed by atoms with Crippen molar-refractivity contribution in [3.63, 3.8) is 0 Å². The summed E-state index contributed by atoms with van der Waals surface area (Å²) in [4.78, 5) is 41.9. The predicted octanol–water partition coefficient (Wildman–Crippen LogP) is 4.15. The van der Waals surface area contributed by atoms with Crippen molar-refractivity contribution >= 4 is 46.6 Å². The summed E-state index contributed by atoms with van der Waals surface area (Å²) in [6.45, 7) is 3.47. The minimum absolute atomic E-state index is 0.147. The van der Waals surface area contributed by atoms with Crippen molar-refractivity contribution in [1.82, 2.24) is 19.5 Å². The lowest BCUT2D eigenvalue weighted by Gasteiger charge is -2.42. The molecule has 0 radical (unpaired) electrons. The maximum Gasteiger partial charge on any atom is 0.270 e. The van der Waals surface area contributed by atoms with Gasteiger partial charge in [-0.3, -0.25) is 14.2 Å². The molecule has 11 nitrogen and oxygen atoms in total. The van der Waals surface area contributed by atoms with E-state index in [1.165, 1.54) is 16.3 Å². The molecule has 1 aromatic carbocycles. The molecule has 6 N–H and O–H groups in total. The Balaban J connectivity index is 1.15. The number of piperidine rings is 1. The first-order valence-corrected chi connectivity index (χ1v) is 15.6. The summed E-state index contributed by atoms with van der Waals surface area (Å²) in [5.74, 6) is -0.0701. The van der Waals surface area contributed by atoms with Crippen LogP contribution in [-0.2, 0) is 13.0 Å². The third-order valence-electron chi connectivity index (χ3n) is 8.89. The minimum Gasteiger partial charge on any atom is -0.493 e. The smallest absolute Gasteiger partial charge is 0.270 e. The molecule has 1 saturated carbocycles. The number of benzene rings is 1. The number of hydrogen-bond donors (Lipinski definition) is 4. The van der Waals surface area contributed by atoms with Crippen LogP contribution in [0.1, 0.15) is 61.6 Å². The van der Waals surface area contributed by atoms with Gasteiger partial charge >= 0.3 is 0 Å². The van der Waals surface area contributed by atoms with Crippen LogP contribution in [0.4, 0.5) is 21.7 Å². The molecule has 4 heterocycles. The third kappa shape index (κ3) is 5.65. The molecule has 2 fully saturated rings. The van der Waals surface area contributed by atoms with E-state index >= 15 is 0 Å². The number of rotatable bonds is 5. The Labute approximate surface area is 257 Å². The van der Waals surface area contributed by atoms with Gasteiger partial charge in [0.1, 0.15) is 22.3 Å². The van der Waals surface area contributed by atoms with Crippen LogP contribution in [0, 0.1) is 5.41 Å². The number of amides is 1. The van der Waals surface area contributed by atoms with Crippen molar-refractivity contribution < 1.29 is 14.3 Å². The first-order chi connectivity index (χ1) is 20.5. The molecule has 14 heteroatoms. The van der Waals surface area contributed by atoms with Gasteiger partial charge in [0.05, 0.1) is 16.9 Å². The molecular formula is C29H34ClFN8O3S. The number of halogens is 2. The summed E-state index contributed by atoms with van der Waals surface area (Å²) in [5, 5.41) is 13.7. The number of nitrogens with zero attached hydrogens (tertiary/aromatic N) is 5. The van der Waals surface area contributed by atoms with Crippen molar-refractivity contribution in [3.8, 4) is 5.88 Å². The molecule has 0 bridgehead atoms. The van der Waals surface area contributed by atoms with E-state index in [1.807, 2.05) is 0 Å². The number of fused-ring (bicyclic) bond motifs is 1. The fourth-order valence-electron chi connectivity index (χ4n) is 6.69. The summed E-state index contributed by atoms with van der Waals surface area (Å²) in [5.41, 5.74) is 10.5. The van der Waals surface area contributed by atoms with Gasteiger partial charge < -0.3 is 26.8 Å². The van der Waals surface area contributed by atoms with E-state index in [4.69, 9.17) is 23.1 Å². The van der Waals surface area contributed by atoms with Crippen LogP contribution in [-0.4, -0.2) is 55.3 Å². The standard InChI is InChI=1S/C29H34ClFN8O3S/c1-28(31)13-18(32)29(15-28)8-11-38(12-9-29)20-14-34-26(23(33)36-20)43-17-6-4-5-16(22(17)30)35-24(40)21-25(41)37-19-7-2-3-10-39(19)27(21)42/h4-6,14,18,41H,2-3,7-13,15,32H2,1H3,(H2,33,36)(H,35,40)/t18-,28?/m1/s1. The first kappa shape index (κ1) is 29.6. The summed E-state index contributed by atoms with van der Waals surface area (Å²) in [6, 6.07) is 4.89. The number of nitrogens with one attached hydrogen (secondary N) is 1. The molecule has 228 valence electrons. The zero-order valence-electron chi connectivity index (χ0n) is 23.8. The van der Waals surface area contributed by atoms with Crippen LogP contribution in [0.3, 0.4) is 0 Å². The maximum atomic E-state index is 14.7. The fourth-order valence-corrected chi connectivity index (χ4v) is 7.79. The molecule has 2 aliphatic heterocycles. The SMILES string of the molecule is CC1(F)C[C@@H](N)C2(CCN(c3cnc(Sc4cccc(NC(=O)c5c(O)nc6n(c5=O)CCCC6)c4Cl)c(N)n3)CC2)C1. The number of hydrogen-bond acceptors (Lipinski definition) is 10. The van der Waals surface area contributed by atoms with Crippen molar-refractivity contribution in [2.75, 3.05) is 29.0 Å². The maximum absolute atomic E-state index is 14.7. The van der Waals surface area contributed by atoms with Gasteiger partial charge in [-0.1, -0.05) is 29.4 Å². The van der Waals surface area contributed by atoms with E-state index in [2.05, 4.69) is 25.2 Å². The molecule has 6 rings (SSSR count). The van der Waals surface area contributed by atoms with Gasteiger partial charge in [-0.15, -0.1) is 0 Å². The van der Waals surface area contributed by atoms with Gasteiger partial charge in [-0.25, -0.2) is 14.4 Å². The normalized spacial score (nSPS) is 22.9. The topological polar surface area (TPSA) is 165 Å². The predicted molar refractivity (Wildman–Crippen MR) is 164 cm³/mol. The van der Waals surface area contributed by atoms with Gasteiger partial charge in [0.25, 0.3) is 11.5 Å². The highest BCUT2D eigenvalue weighted by Gasteiger charge is 2.52. The molecule has 1 amide bonds. The summed E-state index contributed by atoms with van der Waals surface area (Å²) in [7, 11) is 0. The Hall–Kier alpha value is -3.42. The summed E-state index contributed by atoms with van der Waals surface area (Å²) in [6.07, 6.45) is 6.33. The minimum atomic E-state index is -1.22. The van der Waals surface area contributed by atoms with Crippen LogP contribution in [0.15, 0.2) is 39.1 Å². The average Bonchev–Trinajstić information content (AvgIpc) is 3.18. The highest BCUT2D eigenvalue weighted by molar-refractivity contribution is 7.99. The van der Waals surface area contributed by atoms with Crippen molar-refractivity contribution in [1.29, 1.82) is 0 Å². The van der Waals surface area contributed by atoms with E-state index in [0.717, 1.165) is 25.7 Å². The molecule has 43 heavy (non-hydrogen) atoms. The molecule has 1 saturated heterocycles. The second-order valence-corrected chi connectivity index (χ2v) is 13.4. The second-order valence-electron chi connectivity index (χ2n) is 12.0. The van der Waals surface area contributed by atoms with Gasteiger partial charge in [0, 0.05) is 37.0 Å². The van der Waals surface area contributed by atoms with E-state index in [9.17, 15) is 19.1 Å². The molecule has 1 aliphatic carbocycles. The van der Waals surface area contributed by atoms with Crippen LogP contribution in [0.2, 0.25) is 5.02 Å². The molecule has 2 atom stereocenters. The van der Waals surface area contributed by atoms with Gasteiger partial charge in [0.2, 0.25) is 5.88 Å². The molecule has 1 unspecified atom stereocenters. The van der Waals surface area contributed by atoms with E-state index in [0.29, 0.717) is 60.5 Å². The average molecular weight is 629 g/mol. The first-order valence-electron chi connectivity index (χ1n) is 14.4. The van der Waals surface area contributed by atoms with Crippen molar-refractivity contribution in [3.05, 3.63) is 51.2 Å². The van der Waals surface area contributed by atoms with E-state index in [1.54, 1.807) is 31.3 Å². The Morgan fingerprint density at radius 1 is 1.23 bits per heavy atom. The number of alkyl halides is 1. The monoisotopic (exact) mass is 628 g/mol. The number of anilines is 3. The molecule has 2 aromatic heterocycles. The fraction of sp³-hybridized carbons (Fsp3) is 0.483. The molecule has 1 spiro atoms. The van der Waals surface area contributed by atoms with E-state index in [-0.39, 0.29) is 28.0 Å². The van der Waals surface area contributed by atoms with Gasteiger partial charge in [-0.05, 0) is 63.0 Å². The number of aromatic nitrogens is 4. The Bertz CT molecular complexity index is 1640. The number of aryl methyl sites for hydroxylation is 1. The van der Waals surface area contributed by atoms with Crippen LogP contribution in [0.5, 0.6) is 5.88 Å². The summed E-state index contributed by atoms with van der Waals surface area (Å²) < 4.78 is 16.1. The number of aromatic hydroxyl groups is 1. The second kappa shape index (κ2) is 11.3. The zero-order valence-corrected chi connectivity index (χ0v) is 25.3. The largest absolute Gasteiger partial charge is 0.493 e. The van der Waals surface area contributed by atoms with Crippen molar-refractivity contribution in [2.45, 2.75) is 80.0 Å². The van der Waals surface area contributed by atoms with Crippen LogP contribution >= 0.6 is 23.4 Å². The number of carbonyl (C=O) groups is 1. The molecule has 3 aromatic rings. The lowest BCUT2D eigenvalue weighted by molar-refractivity contribution is 0.102. The number of nitrogen functional groups attached to an aromatic ring is 1. The Morgan fingerprint density at radius 3 is 2.70 bits per heavy atom.